The normalized spacial score (nSPS) is 19.3. The molecule has 7 rings (SSSR count). The van der Waals surface area contributed by atoms with Crippen LogP contribution >= 0.6 is 0 Å². The number of phenolic OH excluding ortho intramolecular Hbond substituents is 13. The van der Waals surface area contributed by atoms with Crippen molar-refractivity contribution in [2.45, 2.75) is 37.1 Å². The molecule has 0 spiro atoms. The van der Waals surface area contributed by atoms with Gasteiger partial charge in [-0.2, -0.15) is 0 Å². The van der Waals surface area contributed by atoms with Crippen molar-refractivity contribution in [3.8, 4) is 85.9 Å². The Hall–Kier alpha value is -8.70. The smallest absolute Gasteiger partial charge is 0.339 e. The standard InChI is InChI=1S/C42H34O23/c43-17-3-1-14(2-4-17)5-6-60-42-37(65-39(57)16-9-22(46)30(51)23(47)10-16)36(64-38(56)15-7-20(44)29(50)21(45)8-15)35-26(62-42)13-61-40(58)18-11-24(48)31(52)33(54)27(18)28-19(41(59)63-35)12-25(49)32(53)34(28)55/h1-4,7-12,26,35-37,42-55H,5-6,13H2. The van der Waals surface area contributed by atoms with Crippen LogP contribution in [-0.2, 0) is 34.8 Å². The number of fused-ring (bicyclic) bond motifs is 4. The number of benzene rings is 5. The van der Waals surface area contributed by atoms with Gasteiger partial charge >= 0.3 is 23.9 Å². The number of cyclic esters (lactones) is 1. The number of hydrogen-bond donors (Lipinski definition) is 13. The predicted octanol–water partition coefficient (Wildman–Crippen LogP) is 2.66. The summed E-state index contributed by atoms with van der Waals surface area (Å²) in [5.41, 5.74) is -4.60. The van der Waals surface area contributed by atoms with E-state index in [0.29, 0.717) is 42.0 Å². The Labute approximate surface area is 362 Å². The van der Waals surface area contributed by atoms with Gasteiger partial charge in [0, 0.05) is 11.1 Å². The third kappa shape index (κ3) is 8.46. The van der Waals surface area contributed by atoms with Crippen LogP contribution in [0.25, 0.3) is 11.1 Å². The van der Waals surface area contributed by atoms with Crippen LogP contribution < -0.4 is 0 Å². The molecule has 0 saturated carbocycles. The molecule has 0 radical (unpaired) electrons. The van der Waals surface area contributed by atoms with Gasteiger partial charge in [0.25, 0.3) is 0 Å². The van der Waals surface area contributed by atoms with Crippen LogP contribution in [0.3, 0.4) is 0 Å². The number of aromatic hydroxyl groups is 13. The zero-order chi connectivity index (χ0) is 47.2. The first-order valence-electron chi connectivity index (χ1n) is 18.7. The van der Waals surface area contributed by atoms with E-state index in [0.717, 1.165) is 0 Å². The van der Waals surface area contributed by atoms with E-state index in [1.54, 1.807) is 0 Å². The number of rotatable bonds is 8. The summed E-state index contributed by atoms with van der Waals surface area (Å²) in [6.45, 7) is -1.39. The van der Waals surface area contributed by atoms with E-state index in [1.807, 2.05) is 0 Å². The molecule has 5 aromatic carbocycles. The second-order valence-electron chi connectivity index (χ2n) is 14.3. The van der Waals surface area contributed by atoms with Crippen molar-refractivity contribution in [2.24, 2.45) is 0 Å². The molecule has 1 fully saturated rings. The van der Waals surface area contributed by atoms with E-state index in [1.165, 1.54) is 24.3 Å². The quantitative estimate of drug-likeness (QED) is 0.0604. The monoisotopic (exact) mass is 906 g/mol. The molecule has 2 heterocycles. The molecule has 5 aromatic rings. The maximum atomic E-state index is 14.4. The van der Waals surface area contributed by atoms with Crippen LogP contribution in [-0.4, -0.2) is 134 Å². The average Bonchev–Trinajstić information content (AvgIpc) is 3.28. The molecule has 2 aliphatic heterocycles. The van der Waals surface area contributed by atoms with E-state index in [9.17, 15) is 85.6 Å². The Bertz CT molecular complexity index is 2700. The highest BCUT2D eigenvalue weighted by Crippen LogP contribution is 2.53. The first-order valence-corrected chi connectivity index (χ1v) is 18.7. The topological polar surface area (TPSA) is 387 Å². The summed E-state index contributed by atoms with van der Waals surface area (Å²) in [6.07, 6.45) is -10.4. The molecule has 65 heavy (non-hydrogen) atoms. The SMILES string of the molecule is O=C(OC1C(OCCc2ccc(O)cc2)OC2COC(=O)c3cc(O)c(O)c(O)c3-c3c(cc(O)c(O)c3O)C(=O)OC2C1OC(=O)c1cc(O)c(O)c(O)c1)c1cc(O)c(O)c(O)c1. The zero-order valence-corrected chi connectivity index (χ0v) is 32.7. The van der Waals surface area contributed by atoms with Gasteiger partial charge in [0.2, 0.25) is 11.5 Å². The van der Waals surface area contributed by atoms with Crippen LogP contribution in [0.4, 0.5) is 0 Å². The van der Waals surface area contributed by atoms with Crippen molar-refractivity contribution in [1.29, 1.82) is 0 Å². The lowest BCUT2D eigenvalue weighted by Gasteiger charge is -2.44. The van der Waals surface area contributed by atoms with Crippen molar-refractivity contribution >= 4 is 23.9 Å². The zero-order valence-electron chi connectivity index (χ0n) is 32.7. The summed E-state index contributed by atoms with van der Waals surface area (Å²) < 4.78 is 34.8. The van der Waals surface area contributed by atoms with Gasteiger partial charge in [0.05, 0.1) is 28.9 Å². The fourth-order valence-electron chi connectivity index (χ4n) is 6.87. The molecule has 5 atom stereocenters. The Morgan fingerprint density at radius 1 is 0.554 bits per heavy atom. The molecule has 23 heteroatoms. The number of ether oxygens (including phenoxy) is 6. The van der Waals surface area contributed by atoms with Gasteiger partial charge in [-0.15, -0.1) is 0 Å². The van der Waals surface area contributed by atoms with Crippen LogP contribution in [0.1, 0.15) is 47.0 Å². The molecule has 340 valence electrons. The van der Waals surface area contributed by atoms with E-state index >= 15 is 0 Å². The highest BCUT2D eigenvalue weighted by atomic mass is 16.7. The molecule has 5 unspecified atom stereocenters. The van der Waals surface area contributed by atoms with Gasteiger partial charge in [-0.05, 0) is 60.5 Å². The van der Waals surface area contributed by atoms with Crippen molar-refractivity contribution < 1.29 is 114 Å². The van der Waals surface area contributed by atoms with E-state index in [-0.39, 0.29) is 18.8 Å². The highest BCUT2D eigenvalue weighted by molar-refractivity contribution is 6.08. The van der Waals surface area contributed by atoms with Crippen LogP contribution in [0.2, 0.25) is 0 Å². The lowest BCUT2D eigenvalue weighted by molar-refractivity contribution is -0.298. The first kappa shape index (κ1) is 44.4. The minimum Gasteiger partial charge on any atom is -0.508 e. The van der Waals surface area contributed by atoms with Gasteiger partial charge < -0.3 is 94.8 Å². The number of carbonyl (C=O) groups is 4. The summed E-state index contributed by atoms with van der Waals surface area (Å²) in [6, 6.07) is 9.41. The third-order valence-electron chi connectivity index (χ3n) is 10.1. The van der Waals surface area contributed by atoms with Crippen molar-refractivity contribution in [1.82, 2.24) is 0 Å². The van der Waals surface area contributed by atoms with Crippen molar-refractivity contribution in [3.05, 3.63) is 88.5 Å². The lowest BCUT2D eigenvalue weighted by atomic mass is 9.92. The summed E-state index contributed by atoms with van der Waals surface area (Å²) >= 11 is 0. The fraction of sp³-hybridized carbons (Fsp3) is 0.190. The largest absolute Gasteiger partial charge is 0.508 e. The van der Waals surface area contributed by atoms with Crippen LogP contribution in [0, 0.1) is 0 Å². The van der Waals surface area contributed by atoms with Gasteiger partial charge in [-0.3, -0.25) is 0 Å². The minimum absolute atomic E-state index is 0.0440. The molecular weight excluding hydrogens is 872 g/mol. The van der Waals surface area contributed by atoms with Gasteiger partial charge in [-0.1, -0.05) is 12.1 Å². The Morgan fingerprint density at radius 3 is 1.49 bits per heavy atom. The summed E-state index contributed by atoms with van der Waals surface area (Å²) in [7, 11) is 0. The number of phenols is 13. The van der Waals surface area contributed by atoms with E-state index < -0.39 is 164 Å². The maximum Gasteiger partial charge on any atom is 0.339 e. The van der Waals surface area contributed by atoms with Crippen molar-refractivity contribution in [2.75, 3.05) is 13.2 Å². The summed E-state index contributed by atoms with van der Waals surface area (Å²) in [5.74, 6) is -20.0. The van der Waals surface area contributed by atoms with Crippen LogP contribution in [0.15, 0.2) is 60.7 Å². The molecule has 13 N–H and O–H groups in total. The fourth-order valence-corrected chi connectivity index (χ4v) is 6.87. The molecule has 0 aromatic heterocycles. The van der Waals surface area contributed by atoms with Crippen molar-refractivity contribution in [3.63, 3.8) is 0 Å². The number of carbonyl (C=O) groups excluding carboxylic acids is 4. The van der Waals surface area contributed by atoms with Crippen LogP contribution in [0.5, 0.6) is 74.7 Å². The molecule has 23 nitrogen and oxygen atoms in total. The second-order valence-corrected chi connectivity index (χ2v) is 14.3. The van der Waals surface area contributed by atoms with E-state index in [4.69, 9.17) is 28.4 Å². The van der Waals surface area contributed by atoms with Gasteiger partial charge in [0.1, 0.15) is 18.5 Å². The molecule has 1 saturated heterocycles. The van der Waals surface area contributed by atoms with Gasteiger partial charge in [-0.25, -0.2) is 19.2 Å². The molecule has 0 aliphatic carbocycles. The third-order valence-corrected chi connectivity index (χ3v) is 10.1. The Balaban J connectivity index is 1.40. The highest BCUT2D eigenvalue weighted by Gasteiger charge is 2.54. The van der Waals surface area contributed by atoms with E-state index in [2.05, 4.69) is 0 Å². The molecular formula is C42H34O23. The molecule has 2 aliphatic rings. The summed E-state index contributed by atoms with van der Waals surface area (Å²) in [4.78, 5) is 56.1. The number of hydrogen-bond acceptors (Lipinski definition) is 23. The first-order chi connectivity index (χ1) is 30.7. The maximum absolute atomic E-state index is 14.4. The summed E-state index contributed by atoms with van der Waals surface area (Å²) in [5, 5.41) is 134. The Kier molecular flexibility index (Phi) is 11.8. The lowest BCUT2D eigenvalue weighted by Crippen LogP contribution is -2.63. The Morgan fingerprint density at radius 2 is 1.00 bits per heavy atom. The minimum atomic E-state index is -2.25. The predicted molar refractivity (Wildman–Crippen MR) is 209 cm³/mol. The average molecular weight is 907 g/mol. The number of esters is 4. The molecule has 0 amide bonds. The molecule has 0 bridgehead atoms. The van der Waals surface area contributed by atoms with Gasteiger partial charge in [0.15, 0.2) is 82.1 Å². The second kappa shape index (κ2) is 17.2.